The van der Waals surface area contributed by atoms with E-state index < -0.39 is 0 Å². The van der Waals surface area contributed by atoms with Crippen LogP contribution in [0.5, 0.6) is 0 Å². The van der Waals surface area contributed by atoms with Crippen molar-refractivity contribution in [1.82, 2.24) is 9.80 Å². The van der Waals surface area contributed by atoms with Crippen LogP contribution in [0.1, 0.15) is 54.2 Å². The van der Waals surface area contributed by atoms with E-state index in [1.165, 1.54) is 16.7 Å². The molecule has 0 N–H and O–H groups in total. The Balaban J connectivity index is 1.58. The highest BCUT2D eigenvalue weighted by atomic mass is 16.2. The molecule has 0 saturated carbocycles. The number of rotatable bonds is 3. The van der Waals surface area contributed by atoms with Gasteiger partial charge in [0.2, 0.25) is 0 Å². The summed E-state index contributed by atoms with van der Waals surface area (Å²) >= 11 is 0. The highest BCUT2D eigenvalue weighted by Gasteiger charge is 2.20. The topological polar surface area (TPSA) is 23.6 Å². The van der Waals surface area contributed by atoms with Crippen LogP contribution in [0.4, 0.5) is 0 Å². The molecule has 3 heteroatoms. The molecule has 3 nitrogen and oxygen atoms in total. The number of amides is 1. The molecule has 27 heavy (non-hydrogen) atoms. The molecule has 144 valence electrons. The van der Waals surface area contributed by atoms with Crippen molar-refractivity contribution >= 4 is 5.91 Å². The number of nitrogens with zero attached hydrogens (tertiary/aromatic N) is 2. The normalized spacial score (nSPS) is 16.2. The Hall–Kier alpha value is -2.13. The molecule has 0 unspecified atom stereocenters. The minimum absolute atomic E-state index is 0.159. The summed E-state index contributed by atoms with van der Waals surface area (Å²) in [5.74, 6) is 0.159. The Bertz CT molecular complexity index is 756. The maximum atomic E-state index is 12.8. The van der Waals surface area contributed by atoms with E-state index in [1.54, 1.807) is 0 Å². The van der Waals surface area contributed by atoms with Gasteiger partial charge in [0.25, 0.3) is 5.91 Å². The first-order chi connectivity index (χ1) is 12.8. The number of aryl methyl sites for hydroxylation is 1. The monoisotopic (exact) mass is 364 g/mol. The molecule has 1 aliphatic heterocycles. The standard InChI is InChI=1S/C24H32N2O/c1-19-6-10-21(11-7-19)23(27)26-15-5-14-25(16-17-26)18-20-8-12-22(13-9-20)24(2,3)4/h6-13H,5,14-18H2,1-4H3. The van der Waals surface area contributed by atoms with E-state index in [1.807, 2.05) is 36.1 Å². The van der Waals surface area contributed by atoms with Crippen LogP contribution in [0.15, 0.2) is 48.5 Å². The van der Waals surface area contributed by atoms with Crippen LogP contribution in [0.2, 0.25) is 0 Å². The Labute approximate surface area is 164 Å². The molecule has 1 saturated heterocycles. The first-order valence-corrected chi connectivity index (χ1v) is 10.0. The predicted molar refractivity (Wildman–Crippen MR) is 112 cm³/mol. The van der Waals surface area contributed by atoms with Crippen LogP contribution in [-0.4, -0.2) is 41.9 Å². The third-order valence-electron chi connectivity index (χ3n) is 5.40. The van der Waals surface area contributed by atoms with Crippen molar-refractivity contribution in [2.75, 3.05) is 26.2 Å². The van der Waals surface area contributed by atoms with Crippen LogP contribution < -0.4 is 0 Å². The Morgan fingerprint density at radius 3 is 2.19 bits per heavy atom. The highest BCUT2D eigenvalue weighted by Crippen LogP contribution is 2.22. The zero-order chi connectivity index (χ0) is 19.4. The van der Waals surface area contributed by atoms with Crippen molar-refractivity contribution < 1.29 is 4.79 Å². The number of carbonyl (C=O) groups excluding carboxylic acids is 1. The van der Waals surface area contributed by atoms with Gasteiger partial charge in [-0.3, -0.25) is 9.69 Å². The maximum Gasteiger partial charge on any atom is 0.253 e. The van der Waals surface area contributed by atoms with Gasteiger partial charge in [0.1, 0.15) is 0 Å². The van der Waals surface area contributed by atoms with Crippen LogP contribution in [-0.2, 0) is 12.0 Å². The summed E-state index contributed by atoms with van der Waals surface area (Å²) in [6, 6.07) is 16.9. The van der Waals surface area contributed by atoms with Crippen molar-refractivity contribution in [1.29, 1.82) is 0 Å². The van der Waals surface area contributed by atoms with Crippen LogP contribution in [0.25, 0.3) is 0 Å². The molecule has 1 aliphatic rings. The lowest BCUT2D eigenvalue weighted by Crippen LogP contribution is -2.35. The molecule has 1 amide bonds. The lowest BCUT2D eigenvalue weighted by atomic mass is 9.87. The summed E-state index contributed by atoms with van der Waals surface area (Å²) in [6.45, 7) is 13.3. The Morgan fingerprint density at radius 1 is 0.889 bits per heavy atom. The maximum absolute atomic E-state index is 12.8. The third kappa shape index (κ3) is 5.20. The lowest BCUT2D eigenvalue weighted by Gasteiger charge is -2.23. The van der Waals surface area contributed by atoms with Gasteiger partial charge in [-0.05, 0) is 42.0 Å². The van der Waals surface area contributed by atoms with Gasteiger partial charge in [0, 0.05) is 38.3 Å². The molecule has 0 aliphatic carbocycles. The van der Waals surface area contributed by atoms with Gasteiger partial charge >= 0.3 is 0 Å². The van der Waals surface area contributed by atoms with E-state index in [9.17, 15) is 4.79 Å². The third-order valence-corrected chi connectivity index (χ3v) is 5.40. The predicted octanol–water partition coefficient (Wildman–Crippen LogP) is 4.64. The number of benzene rings is 2. The van der Waals surface area contributed by atoms with E-state index in [4.69, 9.17) is 0 Å². The second-order valence-corrected chi connectivity index (χ2v) is 8.73. The van der Waals surface area contributed by atoms with Gasteiger partial charge in [-0.25, -0.2) is 0 Å². The van der Waals surface area contributed by atoms with Gasteiger partial charge < -0.3 is 4.90 Å². The molecular formula is C24H32N2O. The van der Waals surface area contributed by atoms with Crippen LogP contribution in [0, 0.1) is 6.92 Å². The molecule has 0 radical (unpaired) electrons. The minimum atomic E-state index is 0.159. The van der Waals surface area contributed by atoms with Crippen molar-refractivity contribution in [3.8, 4) is 0 Å². The smallest absolute Gasteiger partial charge is 0.253 e. The summed E-state index contributed by atoms with van der Waals surface area (Å²) < 4.78 is 0. The molecule has 0 atom stereocenters. The summed E-state index contributed by atoms with van der Waals surface area (Å²) in [6.07, 6.45) is 1.03. The zero-order valence-electron chi connectivity index (χ0n) is 17.2. The van der Waals surface area contributed by atoms with Gasteiger partial charge in [-0.15, -0.1) is 0 Å². The quantitative estimate of drug-likeness (QED) is 0.792. The van der Waals surface area contributed by atoms with Crippen molar-refractivity contribution in [2.45, 2.75) is 46.1 Å². The van der Waals surface area contributed by atoms with Crippen LogP contribution in [0.3, 0.4) is 0 Å². The molecule has 1 fully saturated rings. The largest absolute Gasteiger partial charge is 0.337 e. The summed E-state index contributed by atoms with van der Waals surface area (Å²) in [5.41, 5.74) is 4.90. The second kappa shape index (κ2) is 8.26. The molecule has 0 aromatic heterocycles. The van der Waals surface area contributed by atoms with Gasteiger partial charge in [-0.1, -0.05) is 62.7 Å². The Kier molecular flexibility index (Phi) is 6.01. The minimum Gasteiger partial charge on any atom is -0.337 e. The molecule has 2 aromatic carbocycles. The molecule has 0 spiro atoms. The summed E-state index contributed by atoms with van der Waals surface area (Å²) in [7, 11) is 0. The molecule has 1 heterocycles. The molecule has 0 bridgehead atoms. The average molecular weight is 365 g/mol. The van der Waals surface area contributed by atoms with E-state index in [0.717, 1.165) is 44.7 Å². The van der Waals surface area contributed by atoms with E-state index in [2.05, 4.69) is 49.9 Å². The summed E-state index contributed by atoms with van der Waals surface area (Å²) in [4.78, 5) is 17.2. The number of hydrogen-bond acceptors (Lipinski definition) is 2. The molecular weight excluding hydrogens is 332 g/mol. The zero-order valence-corrected chi connectivity index (χ0v) is 17.2. The molecule has 3 rings (SSSR count). The first kappa shape index (κ1) is 19.6. The lowest BCUT2D eigenvalue weighted by molar-refractivity contribution is 0.0761. The first-order valence-electron chi connectivity index (χ1n) is 10.0. The van der Waals surface area contributed by atoms with E-state index in [-0.39, 0.29) is 11.3 Å². The fraction of sp³-hybridized carbons (Fsp3) is 0.458. The van der Waals surface area contributed by atoms with E-state index in [0.29, 0.717) is 0 Å². The van der Waals surface area contributed by atoms with Gasteiger partial charge in [0.05, 0.1) is 0 Å². The summed E-state index contributed by atoms with van der Waals surface area (Å²) in [5, 5.41) is 0. The van der Waals surface area contributed by atoms with Gasteiger partial charge in [-0.2, -0.15) is 0 Å². The Morgan fingerprint density at radius 2 is 1.56 bits per heavy atom. The van der Waals surface area contributed by atoms with Crippen molar-refractivity contribution in [3.63, 3.8) is 0 Å². The van der Waals surface area contributed by atoms with Crippen molar-refractivity contribution in [2.24, 2.45) is 0 Å². The fourth-order valence-corrected chi connectivity index (χ4v) is 3.58. The number of carbonyl (C=O) groups is 1. The molecule has 2 aromatic rings. The van der Waals surface area contributed by atoms with Crippen molar-refractivity contribution in [3.05, 3.63) is 70.8 Å². The highest BCUT2D eigenvalue weighted by molar-refractivity contribution is 5.94. The van der Waals surface area contributed by atoms with Crippen LogP contribution >= 0.6 is 0 Å². The fourth-order valence-electron chi connectivity index (χ4n) is 3.58. The SMILES string of the molecule is Cc1ccc(C(=O)N2CCCN(Cc3ccc(C(C)(C)C)cc3)CC2)cc1. The number of hydrogen-bond donors (Lipinski definition) is 0. The average Bonchev–Trinajstić information content (AvgIpc) is 2.87. The van der Waals surface area contributed by atoms with E-state index >= 15 is 0 Å². The second-order valence-electron chi connectivity index (χ2n) is 8.73. The van der Waals surface area contributed by atoms with Gasteiger partial charge in [0.15, 0.2) is 0 Å².